The molecule has 0 unspecified atom stereocenters. The Balaban J connectivity index is 1.70. The molecule has 1 heterocycles. The number of hydrogen-bond donors (Lipinski definition) is 1. The smallest absolute Gasteiger partial charge is 0.313 e. The highest BCUT2D eigenvalue weighted by molar-refractivity contribution is 6.39. The topological polar surface area (TPSA) is 58.6 Å². The van der Waals surface area contributed by atoms with E-state index in [1.54, 1.807) is 4.90 Å². The van der Waals surface area contributed by atoms with Crippen molar-refractivity contribution < 1.29 is 14.3 Å². The van der Waals surface area contributed by atoms with Gasteiger partial charge in [0, 0.05) is 12.2 Å². The first kappa shape index (κ1) is 15.0. The first-order valence-corrected chi connectivity index (χ1v) is 7.83. The van der Waals surface area contributed by atoms with Crippen LogP contribution in [0.15, 0.2) is 18.2 Å². The van der Waals surface area contributed by atoms with Crippen molar-refractivity contribution in [3.05, 3.63) is 29.3 Å². The molecule has 2 aliphatic rings. The molecule has 1 atom stereocenters. The fourth-order valence-corrected chi connectivity index (χ4v) is 2.92. The Morgan fingerprint density at radius 3 is 2.77 bits per heavy atom. The summed E-state index contributed by atoms with van der Waals surface area (Å²) in [5, 5.41) is 2.76. The Morgan fingerprint density at radius 2 is 2.05 bits per heavy atom. The van der Waals surface area contributed by atoms with E-state index < -0.39 is 11.8 Å². The number of morpholine rings is 1. The lowest BCUT2D eigenvalue weighted by Crippen LogP contribution is -2.53. The zero-order valence-electron chi connectivity index (χ0n) is 13.1. The minimum Gasteiger partial charge on any atom is -0.377 e. The minimum absolute atomic E-state index is 0.0607. The van der Waals surface area contributed by atoms with Crippen molar-refractivity contribution in [2.24, 2.45) is 5.92 Å². The lowest BCUT2D eigenvalue weighted by molar-refractivity contribution is -0.149. The summed E-state index contributed by atoms with van der Waals surface area (Å²) in [6, 6.07) is 5.87. The number of hydrogen-bond acceptors (Lipinski definition) is 3. The molecule has 3 rings (SSSR count). The third-order valence-electron chi connectivity index (χ3n) is 4.43. The highest BCUT2D eigenvalue weighted by atomic mass is 16.5. The maximum atomic E-state index is 12.5. The molecular formula is C17H22N2O3. The van der Waals surface area contributed by atoms with Gasteiger partial charge < -0.3 is 15.0 Å². The number of carbonyl (C=O) groups is 2. The molecule has 2 amide bonds. The van der Waals surface area contributed by atoms with Gasteiger partial charge in [-0.05, 0) is 49.8 Å². The molecule has 5 heteroatoms. The maximum Gasteiger partial charge on any atom is 0.313 e. The lowest BCUT2D eigenvalue weighted by Gasteiger charge is -2.35. The Morgan fingerprint density at radius 1 is 1.27 bits per heavy atom. The van der Waals surface area contributed by atoms with Gasteiger partial charge in [0.25, 0.3) is 0 Å². The van der Waals surface area contributed by atoms with Crippen LogP contribution in [0.4, 0.5) is 5.69 Å². The molecule has 1 aromatic rings. The van der Waals surface area contributed by atoms with Gasteiger partial charge in [-0.2, -0.15) is 0 Å². The van der Waals surface area contributed by atoms with E-state index in [4.69, 9.17) is 4.74 Å². The van der Waals surface area contributed by atoms with Crippen molar-refractivity contribution in [1.82, 2.24) is 4.90 Å². The molecule has 0 bridgehead atoms. The van der Waals surface area contributed by atoms with Crippen LogP contribution in [0.25, 0.3) is 0 Å². The van der Waals surface area contributed by atoms with Crippen LogP contribution in [-0.2, 0) is 14.3 Å². The largest absolute Gasteiger partial charge is 0.377 e. The van der Waals surface area contributed by atoms with E-state index >= 15 is 0 Å². The summed E-state index contributed by atoms with van der Waals surface area (Å²) in [4.78, 5) is 26.5. The monoisotopic (exact) mass is 302 g/mol. The van der Waals surface area contributed by atoms with Gasteiger partial charge in [-0.1, -0.05) is 12.1 Å². The van der Waals surface area contributed by atoms with E-state index in [0.29, 0.717) is 31.4 Å². The molecule has 1 aliphatic carbocycles. The van der Waals surface area contributed by atoms with Crippen LogP contribution in [0.3, 0.4) is 0 Å². The Bertz CT molecular complexity index is 596. The van der Waals surface area contributed by atoms with Crippen LogP contribution < -0.4 is 5.32 Å². The SMILES string of the molecule is Cc1ccc(C)c(NC(=O)C(=O)N2CCOC[C@@H]2C2CC2)c1. The van der Waals surface area contributed by atoms with E-state index in [9.17, 15) is 9.59 Å². The predicted molar refractivity (Wildman–Crippen MR) is 83.6 cm³/mol. The maximum absolute atomic E-state index is 12.5. The fourth-order valence-electron chi connectivity index (χ4n) is 2.92. The summed E-state index contributed by atoms with van der Waals surface area (Å²) in [6.07, 6.45) is 2.24. The molecule has 118 valence electrons. The fraction of sp³-hybridized carbons (Fsp3) is 0.529. The molecule has 2 fully saturated rings. The van der Waals surface area contributed by atoms with E-state index in [0.717, 1.165) is 24.0 Å². The third kappa shape index (κ3) is 3.14. The third-order valence-corrected chi connectivity index (χ3v) is 4.43. The number of amides is 2. The Hall–Kier alpha value is -1.88. The summed E-state index contributed by atoms with van der Waals surface area (Å²) in [5.41, 5.74) is 2.71. The van der Waals surface area contributed by atoms with E-state index in [1.807, 2.05) is 32.0 Å². The van der Waals surface area contributed by atoms with Crippen molar-refractivity contribution in [3.63, 3.8) is 0 Å². The molecule has 5 nitrogen and oxygen atoms in total. The molecule has 1 saturated heterocycles. The van der Waals surface area contributed by atoms with Gasteiger partial charge in [-0.25, -0.2) is 0 Å². The highest BCUT2D eigenvalue weighted by Gasteiger charge is 2.40. The summed E-state index contributed by atoms with van der Waals surface area (Å²) in [5.74, 6) is -0.500. The number of benzene rings is 1. The first-order valence-electron chi connectivity index (χ1n) is 7.83. The molecule has 1 saturated carbocycles. The van der Waals surface area contributed by atoms with Crippen LogP contribution >= 0.6 is 0 Å². The summed E-state index contributed by atoms with van der Waals surface area (Å²) in [6.45, 7) is 5.43. The normalized spacial score (nSPS) is 21.5. The number of anilines is 1. The van der Waals surface area contributed by atoms with Gasteiger partial charge >= 0.3 is 11.8 Å². The van der Waals surface area contributed by atoms with E-state index in [1.165, 1.54) is 0 Å². The molecular weight excluding hydrogens is 280 g/mol. The Kier molecular flexibility index (Phi) is 4.16. The van der Waals surface area contributed by atoms with Crippen molar-refractivity contribution in [2.75, 3.05) is 25.1 Å². The average molecular weight is 302 g/mol. The number of ether oxygens (including phenoxy) is 1. The van der Waals surface area contributed by atoms with Gasteiger partial charge in [0.05, 0.1) is 19.3 Å². The van der Waals surface area contributed by atoms with Crippen molar-refractivity contribution in [3.8, 4) is 0 Å². The second-order valence-corrected chi connectivity index (χ2v) is 6.25. The zero-order chi connectivity index (χ0) is 15.7. The molecule has 1 N–H and O–H groups in total. The van der Waals surface area contributed by atoms with Crippen molar-refractivity contribution in [1.29, 1.82) is 0 Å². The summed E-state index contributed by atoms with van der Waals surface area (Å²) < 4.78 is 5.47. The minimum atomic E-state index is -0.554. The number of nitrogens with zero attached hydrogens (tertiary/aromatic N) is 1. The molecule has 22 heavy (non-hydrogen) atoms. The average Bonchev–Trinajstić information content (AvgIpc) is 3.35. The zero-order valence-corrected chi connectivity index (χ0v) is 13.1. The number of rotatable bonds is 2. The quantitative estimate of drug-likeness (QED) is 0.849. The second-order valence-electron chi connectivity index (χ2n) is 6.25. The van der Waals surface area contributed by atoms with Gasteiger partial charge in [0.15, 0.2) is 0 Å². The first-order chi connectivity index (χ1) is 10.6. The van der Waals surface area contributed by atoms with E-state index in [2.05, 4.69) is 5.32 Å². The molecule has 1 aromatic carbocycles. The summed E-state index contributed by atoms with van der Waals surface area (Å²) in [7, 11) is 0. The van der Waals surface area contributed by atoms with E-state index in [-0.39, 0.29) is 6.04 Å². The van der Waals surface area contributed by atoms with Gasteiger partial charge in [0.1, 0.15) is 0 Å². The summed E-state index contributed by atoms with van der Waals surface area (Å²) >= 11 is 0. The Labute approximate surface area is 130 Å². The van der Waals surface area contributed by atoms with Crippen LogP contribution in [0, 0.1) is 19.8 Å². The van der Waals surface area contributed by atoms with Crippen molar-refractivity contribution >= 4 is 17.5 Å². The van der Waals surface area contributed by atoms with Crippen LogP contribution in [-0.4, -0.2) is 42.5 Å². The standard InChI is InChI=1S/C17H22N2O3/c1-11-3-4-12(2)14(9-11)18-16(20)17(21)19-7-8-22-10-15(19)13-5-6-13/h3-4,9,13,15H,5-8,10H2,1-2H3,(H,18,20)/t15-/m1/s1. The van der Waals surface area contributed by atoms with Gasteiger partial charge in [0.2, 0.25) is 0 Å². The number of aryl methyl sites for hydroxylation is 2. The molecule has 0 spiro atoms. The van der Waals surface area contributed by atoms with Gasteiger partial charge in [-0.3, -0.25) is 9.59 Å². The predicted octanol–water partition coefficient (Wildman–Crippen LogP) is 1.88. The number of nitrogens with one attached hydrogen (secondary N) is 1. The molecule has 0 aromatic heterocycles. The number of carbonyl (C=O) groups excluding carboxylic acids is 2. The van der Waals surface area contributed by atoms with Crippen LogP contribution in [0.2, 0.25) is 0 Å². The highest BCUT2D eigenvalue weighted by Crippen LogP contribution is 2.36. The van der Waals surface area contributed by atoms with Crippen LogP contribution in [0.1, 0.15) is 24.0 Å². The van der Waals surface area contributed by atoms with Crippen molar-refractivity contribution in [2.45, 2.75) is 32.7 Å². The molecule has 0 radical (unpaired) electrons. The second kappa shape index (κ2) is 6.08. The lowest BCUT2D eigenvalue weighted by atomic mass is 10.1. The van der Waals surface area contributed by atoms with Gasteiger partial charge in [-0.15, -0.1) is 0 Å². The molecule has 1 aliphatic heterocycles. The van der Waals surface area contributed by atoms with Crippen LogP contribution in [0.5, 0.6) is 0 Å².